The number of hydrogen-bond donors (Lipinski definition) is 1. The van der Waals surface area contributed by atoms with Crippen molar-refractivity contribution < 1.29 is 4.74 Å². The molecule has 0 spiro atoms. The summed E-state index contributed by atoms with van der Waals surface area (Å²) in [5.74, 6) is 0.879. The summed E-state index contributed by atoms with van der Waals surface area (Å²) >= 11 is 5.83. The molecule has 4 nitrogen and oxygen atoms in total. The Morgan fingerprint density at radius 3 is 2.61 bits per heavy atom. The molecular formula is C26H37N3OS. The molecule has 2 aromatic carbocycles. The fourth-order valence-electron chi connectivity index (χ4n) is 4.17. The second-order valence-electron chi connectivity index (χ2n) is 8.33. The lowest BCUT2D eigenvalue weighted by Gasteiger charge is -2.33. The van der Waals surface area contributed by atoms with Crippen molar-refractivity contribution in [2.45, 2.75) is 66.0 Å². The van der Waals surface area contributed by atoms with Crippen LogP contribution >= 0.6 is 12.2 Å². The zero-order valence-corrected chi connectivity index (χ0v) is 20.3. The summed E-state index contributed by atoms with van der Waals surface area (Å²) in [6, 6.07) is 15.3. The molecule has 0 saturated carbocycles. The zero-order chi connectivity index (χ0) is 22.2. The summed E-state index contributed by atoms with van der Waals surface area (Å²) < 4.78 is 5.54. The van der Waals surface area contributed by atoms with Gasteiger partial charge in [0.05, 0.1) is 6.61 Å². The van der Waals surface area contributed by atoms with Crippen LogP contribution in [0.1, 0.15) is 58.1 Å². The van der Waals surface area contributed by atoms with E-state index >= 15 is 0 Å². The molecule has 0 saturated heterocycles. The number of anilines is 2. The van der Waals surface area contributed by atoms with Gasteiger partial charge in [0.15, 0.2) is 5.11 Å². The Labute approximate surface area is 193 Å². The Morgan fingerprint density at radius 1 is 1.16 bits per heavy atom. The molecular weight excluding hydrogens is 402 g/mol. The topological polar surface area (TPSA) is 27.7 Å². The van der Waals surface area contributed by atoms with Crippen molar-refractivity contribution in [1.82, 2.24) is 4.90 Å². The third kappa shape index (κ3) is 6.13. The molecule has 31 heavy (non-hydrogen) atoms. The molecule has 2 aromatic rings. The molecule has 0 bridgehead atoms. The molecule has 1 heterocycles. The van der Waals surface area contributed by atoms with Gasteiger partial charge in [0.2, 0.25) is 0 Å². The first-order valence-corrected chi connectivity index (χ1v) is 12.1. The van der Waals surface area contributed by atoms with Crippen molar-refractivity contribution in [2.24, 2.45) is 0 Å². The van der Waals surface area contributed by atoms with E-state index in [9.17, 15) is 0 Å². The maximum atomic E-state index is 5.83. The largest absolute Gasteiger partial charge is 0.494 e. The predicted octanol–water partition coefficient (Wildman–Crippen LogP) is 6.25. The highest BCUT2D eigenvalue weighted by molar-refractivity contribution is 7.80. The quantitative estimate of drug-likeness (QED) is 0.467. The van der Waals surface area contributed by atoms with E-state index in [1.807, 2.05) is 31.2 Å². The van der Waals surface area contributed by atoms with Gasteiger partial charge in [0.25, 0.3) is 0 Å². The Hall–Kier alpha value is -2.27. The Bertz CT molecular complexity index is 852. The van der Waals surface area contributed by atoms with Gasteiger partial charge in [-0.15, -0.1) is 0 Å². The van der Waals surface area contributed by atoms with Crippen LogP contribution < -0.4 is 15.0 Å². The number of rotatable bonds is 9. The van der Waals surface area contributed by atoms with Gasteiger partial charge in [-0.3, -0.25) is 0 Å². The van der Waals surface area contributed by atoms with Gasteiger partial charge in [-0.25, -0.2) is 0 Å². The summed E-state index contributed by atoms with van der Waals surface area (Å²) in [4.78, 5) is 4.84. The number of nitrogens with one attached hydrogen (secondary N) is 1. The molecule has 0 unspecified atom stereocenters. The minimum atomic E-state index is 0.357. The molecule has 0 aromatic heterocycles. The van der Waals surface area contributed by atoms with E-state index in [1.165, 1.54) is 42.6 Å². The van der Waals surface area contributed by atoms with Gasteiger partial charge in [-0.1, -0.05) is 26.0 Å². The van der Waals surface area contributed by atoms with Crippen molar-refractivity contribution in [1.29, 1.82) is 0 Å². The molecule has 1 aliphatic rings. The molecule has 5 heteroatoms. The van der Waals surface area contributed by atoms with E-state index < -0.39 is 0 Å². The lowest BCUT2D eigenvalue weighted by molar-refractivity contribution is 0.319. The average molecular weight is 440 g/mol. The minimum Gasteiger partial charge on any atom is -0.494 e. The van der Waals surface area contributed by atoms with Crippen LogP contribution in [0.3, 0.4) is 0 Å². The Morgan fingerprint density at radius 2 is 1.94 bits per heavy atom. The van der Waals surface area contributed by atoms with Gasteiger partial charge in [-0.05, 0) is 93.2 Å². The second-order valence-corrected chi connectivity index (χ2v) is 8.71. The molecule has 1 N–H and O–H groups in total. The first-order valence-electron chi connectivity index (χ1n) is 11.7. The molecule has 1 aliphatic heterocycles. The van der Waals surface area contributed by atoms with Crippen molar-refractivity contribution in [3.05, 3.63) is 53.6 Å². The summed E-state index contributed by atoms with van der Waals surface area (Å²) in [6.07, 6.45) is 4.64. The maximum Gasteiger partial charge on any atom is 0.173 e. The molecule has 0 amide bonds. The molecule has 1 atom stereocenters. The van der Waals surface area contributed by atoms with E-state index in [0.29, 0.717) is 12.6 Å². The number of aryl methyl sites for hydroxylation is 1. The van der Waals surface area contributed by atoms with E-state index in [1.54, 1.807) is 0 Å². The first kappa shape index (κ1) is 23.4. The van der Waals surface area contributed by atoms with Crippen molar-refractivity contribution in [3.8, 4) is 5.75 Å². The van der Waals surface area contributed by atoms with E-state index in [-0.39, 0.29) is 0 Å². The monoisotopic (exact) mass is 439 g/mol. The normalized spacial score (nSPS) is 14.0. The number of thiocarbonyl (C=S) groups is 1. The molecule has 0 fully saturated rings. The summed E-state index contributed by atoms with van der Waals surface area (Å²) in [7, 11) is 0. The van der Waals surface area contributed by atoms with Crippen molar-refractivity contribution >= 4 is 28.7 Å². The number of benzene rings is 2. The van der Waals surface area contributed by atoms with E-state index in [2.05, 4.69) is 54.1 Å². The number of fused-ring (bicyclic) bond motifs is 1. The van der Waals surface area contributed by atoms with Crippen LogP contribution in [0.4, 0.5) is 11.4 Å². The van der Waals surface area contributed by atoms with Crippen molar-refractivity contribution in [2.75, 3.05) is 29.9 Å². The van der Waals surface area contributed by atoms with Crippen LogP contribution in [0.25, 0.3) is 0 Å². The minimum absolute atomic E-state index is 0.357. The van der Waals surface area contributed by atoms with Gasteiger partial charge in [0.1, 0.15) is 5.75 Å². The van der Waals surface area contributed by atoms with Crippen LogP contribution in [0.2, 0.25) is 0 Å². The van der Waals surface area contributed by atoms with Crippen LogP contribution in [0.15, 0.2) is 42.5 Å². The third-order valence-corrected chi connectivity index (χ3v) is 6.34. The molecule has 0 aliphatic carbocycles. The van der Waals surface area contributed by atoms with Gasteiger partial charge in [0, 0.05) is 37.1 Å². The smallest absolute Gasteiger partial charge is 0.173 e. The van der Waals surface area contributed by atoms with Crippen LogP contribution in [0, 0.1) is 0 Å². The summed E-state index contributed by atoms with van der Waals surface area (Å²) in [5, 5.41) is 4.19. The first-order chi connectivity index (χ1) is 15.0. The van der Waals surface area contributed by atoms with E-state index in [0.717, 1.165) is 36.1 Å². The fraction of sp³-hybridized carbons (Fsp3) is 0.500. The van der Waals surface area contributed by atoms with Crippen LogP contribution in [-0.2, 0) is 13.0 Å². The predicted molar refractivity (Wildman–Crippen MR) is 136 cm³/mol. The average Bonchev–Trinajstić information content (AvgIpc) is 2.78. The maximum absolute atomic E-state index is 5.83. The van der Waals surface area contributed by atoms with Gasteiger partial charge in [-0.2, -0.15) is 0 Å². The lowest BCUT2D eigenvalue weighted by Crippen LogP contribution is -2.40. The fourth-order valence-corrected chi connectivity index (χ4v) is 4.53. The highest BCUT2D eigenvalue weighted by Gasteiger charge is 2.20. The van der Waals surface area contributed by atoms with Gasteiger partial charge < -0.3 is 19.9 Å². The number of hydrogen-bond acceptors (Lipinski definition) is 3. The summed E-state index contributed by atoms with van der Waals surface area (Å²) in [5.41, 5.74) is 5.21. The number of nitrogens with zero attached hydrogens (tertiary/aromatic N) is 2. The van der Waals surface area contributed by atoms with Crippen LogP contribution in [0.5, 0.6) is 5.75 Å². The lowest BCUT2D eigenvalue weighted by atomic mass is 9.98. The highest BCUT2D eigenvalue weighted by atomic mass is 32.1. The second kappa shape index (κ2) is 11.4. The van der Waals surface area contributed by atoms with Crippen molar-refractivity contribution in [3.63, 3.8) is 0 Å². The van der Waals surface area contributed by atoms with E-state index in [4.69, 9.17) is 17.0 Å². The SMILES string of the molecule is CCCN1CCCc2cc(CN(C(=S)Nc3ccc(OCC)cc3)[C@H](C)CC)ccc21. The van der Waals surface area contributed by atoms with Crippen LogP contribution in [-0.4, -0.2) is 35.8 Å². The van der Waals surface area contributed by atoms with Gasteiger partial charge >= 0.3 is 0 Å². The Balaban J connectivity index is 1.73. The standard InChI is InChI=1S/C26H37N3OS/c1-5-16-28-17-8-9-22-18-21(10-15-25(22)28)19-29(20(4)6-2)26(31)27-23-11-13-24(14-12-23)30-7-3/h10-15,18,20H,5-9,16-17,19H2,1-4H3,(H,27,31)/t20-/m1/s1. The highest BCUT2D eigenvalue weighted by Crippen LogP contribution is 2.29. The molecule has 0 radical (unpaired) electrons. The molecule has 3 rings (SSSR count). The number of ether oxygens (including phenoxy) is 1. The Kier molecular flexibility index (Phi) is 8.59. The molecule has 168 valence electrons. The zero-order valence-electron chi connectivity index (χ0n) is 19.5. The third-order valence-electron chi connectivity index (χ3n) is 6.01. The summed E-state index contributed by atoms with van der Waals surface area (Å²) in [6.45, 7) is 12.5.